The third-order valence-electron chi connectivity index (χ3n) is 4.56. The minimum atomic E-state index is -0.391. The van der Waals surface area contributed by atoms with E-state index in [4.69, 9.17) is 14.2 Å². The van der Waals surface area contributed by atoms with E-state index < -0.39 is 6.29 Å². The van der Waals surface area contributed by atoms with Crippen LogP contribution in [0.15, 0.2) is 42.7 Å². The Labute approximate surface area is 158 Å². The van der Waals surface area contributed by atoms with E-state index in [1.807, 2.05) is 18.2 Å². The second-order valence-electron chi connectivity index (χ2n) is 6.50. The van der Waals surface area contributed by atoms with Crippen LogP contribution < -0.4 is 4.90 Å². The van der Waals surface area contributed by atoms with Gasteiger partial charge in [0, 0.05) is 49.6 Å². The standard InChI is InChI=1S/C19H25N3O5/c1-20-7-9-21(10-8-20)18-6-5-17(22(23)24)14-16(18)15-25-12-13-27-19-4-2-3-11-26-19/h2-6,11,14,19H,7-10,12-13,15H2,1H3. The van der Waals surface area contributed by atoms with Crippen molar-refractivity contribution in [2.45, 2.75) is 12.9 Å². The molecule has 1 aromatic rings. The Hall–Kier alpha value is -2.42. The smallest absolute Gasteiger partial charge is 0.269 e. The third kappa shape index (κ3) is 5.53. The third-order valence-corrected chi connectivity index (χ3v) is 4.56. The number of rotatable bonds is 8. The van der Waals surface area contributed by atoms with E-state index in [-0.39, 0.29) is 10.6 Å². The summed E-state index contributed by atoms with van der Waals surface area (Å²) in [5, 5.41) is 11.1. The van der Waals surface area contributed by atoms with Crippen LogP contribution in [0, 0.1) is 10.1 Å². The van der Waals surface area contributed by atoms with Gasteiger partial charge in [-0.25, -0.2) is 0 Å². The molecule has 0 saturated carbocycles. The molecule has 8 heteroatoms. The molecule has 1 unspecified atom stereocenters. The van der Waals surface area contributed by atoms with Gasteiger partial charge in [-0.2, -0.15) is 0 Å². The van der Waals surface area contributed by atoms with E-state index in [2.05, 4.69) is 16.8 Å². The molecule has 2 heterocycles. The lowest BCUT2D eigenvalue weighted by atomic mass is 10.1. The lowest BCUT2D eigenvalue weighted by molar-refractivity contribution is -0.384. The van der Waals surface area contributed by atoms with Crippen LogP contribution in [0.3, 0.4) is 0 Å². The number of likely N-dealkylation sites (N-methyl/N-ethyl adjacent to an activating group) is 1. The van der Waals surface area contributed by atoms with E-state index in [1.165, 1.54) is 0 Å². The lowest BCUT2D eigenvalue weighted by Gasteiger charge is -2.35. The predicted molar refractivity (Wildman–Crippen MR) is 102 cm³/mol. The fraction of sp³-hybridized carbons (Fsp3) is 0.474. The Balaban J connectivity index is 1.56. The van der Waals surface area contributed by atoms with Crippen LogP contribution in [0.25, 0.3) is 0 Å². The van der Waals surface area contributed by atoms with Gasteiger partial charge in [0.15, 0.2) is 0 Å². The Morgan fingerprint density at radius 2 is 2.04 bits per heavy atom. The van der Waals surface area contributed by atoms with Gasteiger partial charge in [0.05, 0.1) is 31.0 Å². The monoisotopic (exact) mass is 375 g/mol. The quantitative estimate of drug-likeness (QED) is 0.392. The molecule has 8 nitrogen and oxygen atoms in total. The van der Waals surface area contributed by atoms with Crippen LogP contribution in [0.5, 0.6) is 0 Å². The van der Waals surface area contributed by atoms with Gasteiger partial charge < -0.3 is 24.0 Å². The maximum Gasteiger partial charge on any atom is 0.269 e. The maximum atomic E-state index is 11.1. The number of hydrogen-bond donors (Lipinski definition) is 0. The van der Waals surface area contributed by atoms with Crippen LogP contribution in [-0.4, -0.2) is 62.6 Å². The molecule has 0 N–H and O–H groups in total. The van der Waals surface area contributed by atoms with Gasteiger partial charge in [-0.1, -0.05) is 6.08 Å². The van der Waals surface area contributed by atoms with Crippen molar-refractivity contribution in [2.75, 3.05) is 51.3 Å². The fourth-order valence-electron chi connectivity index (χ4n) is 3.03. The summed E-state index contributed by atoms with van der Waals surface area (Å²) < 4.78 is 16.5. The number of ether oxygens (including phenoxy) is 3. The van der Waals surface area contributed by atoms with Crippen LogP contribution >= 0.6 is 0 Å². The Bertz CT molecular complexity index is 699. The zero-order valence-electron chi connectivity index (χ0n) is 15.5. The number of non-ortho nitro benzene ring substituents is 1. The summed E-state index contributed by atoms with van der Waals surface area (Å²) in [5.41, 5.74) is 1.90. The molecule has 0 radical (unpaired) electrons. The largest absolute Gasteiger partial charge is 0.469 e. The molecule has 2 aliphatic heterocycles. The number of nitrogens with zero attached hydrogens (tertiary/aromatic N) is 3. The molecule has 2 aliphatic rings. The Kier molecular flexibility index (Phi) is 6.80. The molecule has 1 atom stereocenters. The van der Waals surface area contributed by atoms with E-state index in [0.29, 0.717) is 19.8 Å². The number of piperazine rings is 1. The second-order valence-corrected chi connectivity index (χ2v) is 6.50. The minimum absolute atomic E-state index is 0.0789. The molecule has 0 bridgehead atoms. The van der Waals surface area contributed by atoms with Gasteiger partial charge >= 0.3 is 0 Å². The molecule has 0 aliphatic carbocycles. The van der Waals surface area contributed by atoms with Crippen LogP contribution in [-0.2, 0) is 20.8 Å². The van der Waals surface area contributed by atoms with Crippen molar-refractivity contribution in [3.63, 3.8) is 0 Å². The normalized spacial score (nSPS) is 19.9. The topological polar surface area (TPSA) is 77.3 Å². The zero-order valence-corrected chi connectivity index (χ0v) is 15.5. The Morgan fingerprint density at radius 3 is 2.74 bits per heavy atom. The van der Waals surface area contributed by atoms with Crippen molar-refractivity contribution in [2.24, 2.45) is 0 Å². The highest BCUT2D eigenvalue weighted by Gasteiger charge is 2.19. The van der Waals surface area contributed by atoms with Gasteiger partial charge in [-0.15, -0.1) is 0 Å². The molecule has 1 aromatic carbocycles. The van der Waals surface area contributed by atoms with Crippen molar-refractivity contribution < 1.29 is 19.1 Å². The molecular formula is C19H25N3O5. The van der Waals surface area contributed by atoms with E-state index in [1.54, 1.807) is 24.5 Å². The molecule has 0 aromatic heterocycles. The summed E-state index contributed by atoms with van der Waals surface area (Å²) in [6, 6.07) is 4.98. The summed E-state index contributed by atoms with van der Waals surface area (Å²) >= 11 is 0. The maximum absolute atomic E-state index is 11.1. The number of allylic oxidation sites excluding steroid dienone is 2. The van der Waals surface area contributed by atoms with Crippen LogP contribution in [0.2, 0.25) is 0 Å². The number of hydrogen-bond acceptors (Lipinski definition) is 7. The van der Waals surface area contributed by atoms with E-state index in [0.717, 1.165) is 37.4 Å². The first-order valence-electron chi connectivity index (χ1n) is 9.02. The predicted octanol–water partition coefficient (Wildman–Crippen LogP) is 2.31. The number of nitro benzene ring substituents is 1. The average Bonchev–Trinajstić information content (AvgIpc) is 2.69. The van der Waals surface area contributed by atoms with Crippen molar-refractivity contribution >= 4 is 11.4 Å². The fourth-order valence-corrected chi connectivity index (χ4v) is 3.03. The number of anilines is 1. The second kappa shape index (κ2) is 9.50. The molecule has 27 heavy (non-hydrogen) atoms. The van der Waals surface area contributed by atoms with Crippen LogP contribution in [0.4, 0.5) is 11.4 Å². The molecule has 1 fully saturated rings. The van der Waals surface area contributed by atoms with Crippen molar-refractivity contribution in [1.82, 2.24) is 4.90 Å². The first kappa shape index (κ1) is 19.3. The van der Waals surface area contributed by atoms with Crippen molar-refractivity contribution in [3.8, 4) is 0 Å². The number of benzene rings is 1. The van der Waals surface area contributed by atoms with Crippen molar-refractivity contribution in [1.29, 1.82) is 0 Å². The summed E-state index contributed by atoms with van der Waals surface area (Å²) in [7, 11) is 2.10. The molecule has 0 amide bonds. The summed E-state index contributed by atoms with van der Waals surface area (Å²) in [5.74, 6) is 0. The molecular weight excluding hydrogens is 350 g/mol. The molecule has 1 saturated heterocycles. The van der Waals surface area contributed by atoms with Gasteiger partial charge in [0.2, 0.25) is 6.29 Å². The van der Waals surface area contributed by atoms with E-state index in [9.17, 15) is 10.1 Å². The lowest BCUT2D eigenvalue weighted by Crippen LogP contribution is -2.44. The van der Waals surface area contributed by atoms with Gasteiger partial charge in [-0.05, 0) is 25.3 Å². The highest BCUT2D eigenvalue weighted by molar-refractivity contribution is 5.58. The SMILES string of the molecule is CN1CCN(c2ccc([N+](=O)[O-])cc2COCCOC2C=CC=CO2)CC1. The number of nitro groups is 1. The van der Waals surface area contributed by atoms with Crippen LogP contribution in [0.1, 0.15) is 5.56 Å². The summed E-state index contributed by atoms with van der Waals surface area (Å²) in [4.78, 5) is 15.3. The van der Waals surface area contributed by atoms with Crippen molar-refractivity contribution in [3.05, 3.63) is 58.4 Å². The summed E-state index contributed by atoms with van der Waals surface area (Å²) in [6.07, 6.45) is 6.65. The molecule has 3 rings (SSSR count). The van der Waals surface area contributed by atoms with E-state index >= 15 is 0 Å². The zero-order chi connectivity index (χ0) is 19.1. The minimum Gasteiger partial charge on any atom is -0.469 e. The first-order chi connectivity index (χ1) is 13.1. The van der Waals surface area contributed by atoms with Gasteiger partial charge in [0.1, 0.15) is 0 Å². The Morgan fingerprint density at radius 1 is 1.22 bits per heavy atom. The highest BCUT2D eigenvalue weighted by Crippen LogP contribution is 2.27. The van der Waals surface area contributed by atoms with Gasteiger partial charge in [-0.3, -0.25) is 10.1 Å². The first-order valence-corrected chi connectivity index (χ1v) is 9.02. The summed E-state index contributed by atoms with van der Waals surface area (Å²) in [6.45, 7) is 4.77. The highest BCUT2D eigenvalue weighted by atomic mass is 16.7. The molecule has 146 valence electrons. The molecule has 0 spiro atoms. The van der Waals surface area contributed by atoms with Gasteiger partial charge in [0.25, 0.3) is 5.69 Å². The average molecular weight is 375 g/mol.